The van der Waals surface area contributed by atoms with E-state index < -0.39 is 0 Å². The summed E-state index contributed by atoms with van der Waals surface area (Å²) in [4.78, 5) is 13.1. The number of carbonyl (C=O) groups is 1. The average Bonchev–Trinajstić information content (AvgIpc) is 3.32. The molecule has 0 fully saturated rings. The second-order valence-electron chi connectivity index (χ2n) is 5.92. The van der Waals surface area contributed by atoms with Gasteiger partial charge < -0.3 is 4.42 Å². The third kappa shape index (κ3) is 3.14. The lowest BCUT2D eigenvalue weighted by molar-refractivity contribution is 0.0693. The molecule has 4 rings (SSSR count). The van der Waals surface area contributed by atoms with Gasteiger partial charge in [-0.05, 0) is 42.0 Å². The van der Waals surface area contributed by atoms with Crippen molar-refractivity contribution in [2.24, 2.45) is 5.10 Å². The minimum Gasteiger partial charge on any atom is -0.467 e. The van der Waals surface area contributed by atoms with Crippen LogP contribution in [0.5, 0.6) is 0 Å². The largest absolute Gasteiger partial charge is 0.467 e. The van der Waals surface area contributed by atoms with Crippen LogP contribution in [0, 0.1) is 0 Å². The Balaban J connectivity index is 1.73. The van der Waals surface area contributed by atoms with Gasteiger partial charge >= 0.3 is 0 Å². The van der Waals surface area contributed by atoms with Crippen LogP contribution in [0.2, 0.25) is 10.0 Å². The highest BCUT2D eigenvalue weighted by Gasteiger charge is 2.35. The van der Waals surface area contributed by atoms with Crippen LogP contribution < -0.4 is 0 Å². The van der Waals surface area contributed by atoms with Crippen molar-refractivity contribution in [3.8, 4) is 0 Å². The molecule has 0 saturated heterocycles. The van der Waals surface area contributed by atoms with Gasteiger partial charge in [-0.3, -0.25) is 4.79 Å². The van der Waals surface area contributed by atoms with Crippen LogP contribution in [0.25, 0.3) is 0 Å². The van der Waals surface area contributed by atoms with Crippen LogP contribution in [0.4, 0.5) is 0 Å². The van der Waals surface area contributed by atoms with Crippen LogP contribution in [0.1, 0.15) is 34.1 Å². The molecule has 2 aromatic carbocycles. The molecule has 6 heteroatoms. The molecule has 26 heavy (non-hydrogen) atoms. The molecule has 1 aliphatic heterocycles. The number of hydrogen-bond acceptors (Lipinski definition) is 3. The predicted octanol–water partition coefficient (Wildman–Crippen LogP) is 5.58. The molecule has 0 unspecified atom stereocenters. The van der Waals surface area contributed by atoms with Gasteiger partial charge in [0, 0.05) is 11.4 Å². The minimum atomic E-state index is -0.320. The molecule has 0 aliphatic carbocycles. The van der Waals surface area contributed by atoms with Gasteiger partial charge in [0.1, 0.15) is 11.8 Å². The lowest BCUT2D eigenvalue weighted by atomic mass is 10.0. The zero-order valence-corrected chi connectivity index (χ0v) is 15.1. The SMILES string of the molecule is O=C(c1ccccc1Cl)N1N=C(c2ccc(Cl)cc2)C[C@H]1c1ccco1. The van der Waals surface area contributed by atoms with E-state index in [1.54, 1.807) is 48.7 Å². The van der Waals surface area contributed by atoms with Crippen LogP contribution >= 0.6 is 23.2 Å². The normalized spacial score (nSPS) is 16.6. The highest BCUT2D eigenvalue weighted by molar-refractivity contribution is 6.33. The summed E-state index contributed by atoms with van der Waals surface area (Å²) >= 11 is 12.2. The molecule has 0 bridgehead atoms. The summed E-state index contributed by atoms with van der Waals surface area (Å²) in [5.74, 6) is 0.416. The number of nitrogens with zero attached hydrogens (tertiary/aromatic N) is 2. The molecule has 1 aliphatic rings. The van der Waals surface area contributed by atoms with E-state index in [0.29, 0.717) is 27.8 Å². The maximum absolute atomic E-state index is 13.1. The molecule has 130 valence electrons. The second kappa shape index (κ2) is 6.98. The van der Waals surface area contributed by atoms with Crippen molar-refractivity contribution in [1.82, 2.24) is 5.01 Å². The fourth-order valence-corrected chi connectivity index (χ4v) is 3.32. The Morgan fingerprint density at radius 1 is 1.04 bits per heavy atom. The molecule has 1 amide bonds. The van der Waals surface area contributed by atoms with Crippen LogP contribution in [0.3, 0.4) is 0 Å². The third-order valence-corrected chi connectivity index (χ3v) is 4.85. The number of carbonyl (C=O) groups excluding carboxylic acids is 1. The zero-order valence-electron chi connectivity index (χ0n) is 13.6. The van der Waals surface area contributed by atoms with Crippen molar-refractivity contribution in [2.75, 3.05) is 0 Å². The van der Waals surface area contributed by atoms with Crippen molar-refractivity contribution in [3.05, 3.63) is 93.9 Å². The first-order chi connectivity index (χ1) is 12.6. The summed E-state index contributed by atoms with van der Waals surface area (Å²) < 4.78 is 5.55. The van der Waals surface area contributed by atoms with Gasteiger partial charge in [-0.25, -0.2) is 5.01 Å². The van der Waals surface area contributed by atoms with Gasteiger partial charge in [0.15, 0.2) is 0 Å². The van der Waals surface area contributed by atoms with Crippen molar-refractivity contribution < 1.29 is 9.21 Å². The van der Waals surface area contributed by atoms with Crippen LogP contribution in [0.15, 0.2) is 76.4 Å². The maximum Gasteiger partial charge on any atom is 0.276 e. The molecule has 1 aromatic heterocycles. The van der Waals surface area contributed by atoms with Gasteiger partial charge in [0.05, 0.1) is 22.6 Å². The molecule has 1 atom stereocenters. The van der Waals surface area contributed by atoms with Crippen molar-refractivity contribution in [2.45, 2.75) is 12.5 Å². The Hall–Kier alpha value is -2.56. The van der Waals surface area contributed by atoms with Crippen LogP contribution in [-0.4, -0.2) is 16.6 Å². The molecule has 4 nitrogen and oxygen atoms in total. The summed E-state index contributed by atoms with van der Waals surface area (Å²) in [7, 11) is 0. The Bertz CT molecular complexity index is 966. The summed E-state index contributed by atoms with van der Waals surface area (Å²) in [5, 5.41) is 7.08. The Morgan fingerprint density at radius 3 is 2.50 bits per heavy atom. The maximum atomic E-state index is 13.1. The number of hydrogen-bond donors (Lipinski definition) is 0. The van der Waals surface area contributed by atoms with Gasteiger partial charge in [-0.2, -0.15) is 5.10 Å². The summed E-state index contributed by atoms with van der Waals surface area (Å²) in [6.45, 7) is 0. The van der Waals surface area contributed by atoms with E-state index in [4.69, 9.17) is 27.6 Å². The molecule has 3 aromatic rings. The molecule has 0 N–H and O–H groups in total. The number of amides is 1. The second-order valence-corrected chi connectivity index (χ2v) is 6.76. The fourth-order valence-electron chi connectivity index (χ4n) is 2.98. The Kier molecular flexibility index (Phi) is 4.53. The van der Waals surface area contributed by atoms with Crippen molar-refractivity contribution in [1.29, 1.82) is 0 Å². The monoisotopic (exact) mass is 384 g/mol. The number of furan rings is 1. The van der Waals surface area contributed by atoms with Gasteiger partial charge in [-0.1, -0.05) is 47.5 Å². The predicted molar refractivity (Wildman–Crippen MR) is 102 cm³/mol. The lowest BCUT2D eigenvalue weighted by Crippen LogP contribution is -2.27. The first-order valence-electron chi connectivity index (χ1n) is 8.08. The zero-order chi connectivity index (χ0) is 18.1. The highest BCUT2D eigenvalue weighted by Crippen LogP contribution is 2.35. The minimum absolute atomic E-state index is 0.263. The van der Waals surface area contributed by atoms with E-state index in [0.717, 1.165) is 11.3 Å². The number of hydrazone groups is 1. The molecular formula is C20H14Cl2N2O2. The quantitative estimate of drug-likeness (QED) is 0.591. The van der Waals surface area contributed by atoms with E-state index in [2.05, 4.69) is 5.10 Å². The molecule has 0 saturated carbocycles. The van der Waals surface area contributed by atoms with E-state index in [1.807, 2.05) is 18.2 Å². The molecule has 0 radical (unpaired) electrons. The summed E-state index contributed by atoms with van der Waals surface area (Å²) in [5.41, 5.74) is 2.12. The Morgan fingerprint density at radius 2 is 1.81 bits per heavy atom. The number of rotatable bonds is 3. The first kappa shape index (κ1) is 16.9. The molecule has 0 spiro atoms. The topological polar surface area (TPSA) is 45.8 Å². The lowest BCUT2D eigenvalue weighted by Gasteiger charge is -2.20. The first-order valence-corrected chi connectivity index (χ1v) is 8.84. The van der Waals surface area contributed by atoms with Gasteiger partial charge in [-0.15, -0.1) is 0 Å². The summed E-state index contributed by atoms with van der Waals surface area (Å²) in [6, 6.07) is 17.7. The highest BCUT2D eigenvalue weighted by atomic mass is 35.5. The molecule has 2 heterocycles. The smallest absolute Gasteiger partial charge is 0.276 e. The van der Waals surface area contributed by atoms with Crippen LogP contribution in [-0.2, 0) is 0 Å². The van der Waals surface area contributed by atoms with E-state index >= 15 is 0 Å². The standard InChI is InChI=1S/C20H14Cl2N2O2/c21-14-9-7-13(8-10-14)17-12-18(19-6-3-11-26-19)24(23-17)20(25)15-4-1-2-5-16(15)22/h1-11,18H,12H2/t18-/m0/s1. The Labute approximate surface area is 160 Å². The van der Waals surface area contributed by atoms with E-state index in [-0.39, 0.29) is 11.9 Å². The van der Waals surface area contributed by atoms with E-state index in [1.165, 1.54) is 5.01 Å². The summed E-state index contributed by atoms with van der Waals surface area (Å²) in [6.07, 6.45) is 2.14. The van der Waals surface area contributed by atoms with Gasteiger partial charge in [0.2, 0.25) is 0 Å². The average molecular weight is 385 g/mol. The third-order valence-electron chi connectivity index (χ3n) is 4.27. The number of halogens is 2. The fraction of sp³-hybridized carbons (Fsp3) is 0.100. The van der Waals surface area contributed by atoms with E-state index in [9.17, 15) is 4.79 Å². The van der Waals surface area contributed by atoms with Crippen molar-refractivity contribution in [3.63, 3.8) is 0 Å². The van der Waals surface area contributed by atoms with Crippen molar-refractivity contribution >= 4 is 34.8 Å². The number of benzene rings is 2. The molecular weight excluding hydrogens is 371 g/mol. The van der Waals surface area contributed by atoms with Gasteiger partial charge in [0.25, 0.3) is 5.91 Å².